The second-order valence-electron chi connectivity index (χ2n) is 3.92. The normalized spacial score (nSPS) is 10.9. The maximum absolute atomic E-state index is 5.93. The molecule has 17 heavy (non-hydrogen) atoms. The molecule has 0 atom stereocenters. The second kappa shape index (κ2) is 3.55. The molecule has 0 aliphatic heterocycles. The molecule has 1 aromatic carbocycles. The standard InChI is InChI=1S/C12H11N5/c1-7-2-3-10-8(4-16-17-10)11(7)12-9(13)5-14-6-15-12/h2-6H,13H2,1H3,(H,16,17). The average molecular weight is 225 g/mol. The van der Waals surface area contributed by atoms with Gasteiger partial charge in [0.05, 0.1) is 29.3 Å². The summed E-state index contributed by atoms with van der Waals surface area (Å²) in [6.07, 6.45) is 4.91. The summed E-state index contributed by atoms with van der Waals surface area (Å²) in [6.45, 7) is 2.03. The minimum atomic E-state index is 0.573. The number of nitrogens with two attached hydrogens (primary N) is 1. The van der Waals surface area contributed by atoms with Crippen LogP contribution in [0.4, 0.5) is 5.69 Å². The van der Waals surface area contributed by atoms with Gasteiger partial charge in [-0.2, -0.15) is 5.10 Å². The third-order valence-corrected chi connectivity index (χ3v) is 2.81. The fraction of sp³-hybridized carbons (Fsp3) is 0.0833. The first kappa shape index (κ1) is 9.77. The summed E-state index contributed by atoms with van der Waals surface area (Å²) in [5.74, 6) is 0. The number of rotatable bonds is 1. The molecule has 5 heteroatoms. The average Bonchev–Trinajstić information content (AvgIpc) is 2.79. The van der Waals surface area contributed by atoms with E-state index in [0.717, 1.165) is 27.7 Å². The summed E-state index contributed by atoms with van der Waals surface area (Å²) >= 11 is 0. The van der Waals surface area contributed by atoms with Crippen LogP contribution in [0, 0.1) is 6.92 Å². The molecule has 0 radical (unpaired) electrons. The van der Waals surface area contributed by atoms with Crippen molar-refractivity contribution < 1.29 is 0 Å². The smallest absolute Gasteiger partial charge is 0.116 e. The second-order valence-corrected chi connectivity index (χ2v) is 3.92. The van der Waals surface area contributed by atoms with Crippen LogP contribution in [0.15, 0.2) is 30.9 Å². The number of H-pyrrole nitrogens is 1. The molecule has 3 aromatic rings. The minimum Gasteiger partial charge on any atom is -0.396 e. The van der Waals surface area contributed by atoms with E-state index >= 15 is 0 Å². The summed E-state index contributed by atoms with van der Waals surface area (Å²) in [4.78, 5) is 8.17. The van der Waals surface area contributed by atoms with E-state index < -0.39 is 0 Å². The van der Waals surface area contributed by atoms with Crippen molar-refractivity contribution in [1.29, 1.82) is 0 Å². The molecule has 0 aliphatic carbocycles. The van der Waals surface area contributed by atoms with Gasteiger partial charge in [0.25, 0.3) is 0 Å². The molecule has 3 rings (SSSR count). The van der Waals surface area contributed by atoms with Gasteiger partial charge in [-0.15, -0.1) is 0 Å². The zero-order chi connectivity index (χ0) is 11.8. The molecule has 0 amide bonds. The molecular weight excluding hydrogens is 214 g/mol. The zero-order valence-corrected chi connectivity index (χ0v) is 9.31. The highest BCUT2D eigenvalue weighted by molar-refractivity contribution is 5.97. The predicted octanol–water partition coefficient (Wildman–Crippen LogP) is 1.91. The van der Waals surface area contributed by atoms with Gasteiger partial charge >= 0.3 is 0 Å². The van der Waals surface area contributed by atoms with E-state index in [9.17, 15) is 0 Å². The first-order valence-electron chi connectivity index (χ1n) is 5.26. The first-order chi connectivity index (χ1) is 8.27. The Bertz CT molecular complexity index is 686. The van der Waals surface area contributed by atoms with E-state index in [1.807, 2.05) is 19.1 Å². The lowest BCUT2D eigenvalue weighted by Gasteiger charge is -2.08. The quantitative estimate of drug-likeness (QED) is 0.663. The molecule has 0 saturated carbocycles. The van der Waals surface area contributed by atoms with Crippen molar-refractivity contribution in [1.82, 2.24) is 20.2 Å². The molecule has 0 spiro atoms. The minimum absolute atomic E-state index is 0.573. The van der Waals surface area contributed by atoms with Crippen LogP contribution >= 0.6 is 0 Å². The van der Waals surface area contributed by atoms with Crippen molar-refractivity contribution in [3.63, 3.8) is 0 Å². The Morgan fingerprint density at radius 2 is 2.12 bits per heavy atom. The van der Waals surface area contributed by atoms with E-state index in [-0.39, 0.29) is 0 Å². The Hall–Kier alpha value is -2.43. The molecular formula is C12H11N5. The molecule has 3 N–H and O–H groups in total. The van der Waals surface area contributed by atoms with Crippen molar-refractivity contribution in [2.24, 2.45) is 0 Å². The fourth-order valence-electron chi connectivity index (χ4n) is 1.99. The zero-order valence-electron chi connectivity index (χ0n) is 9.31. The molecule has 0 aliphatic rings. The van der Waals surface area contributed by atoms with E-state index in [0.29, 0.717) is 5.69 Å². The lowest BCUT2D eigenvalue weighted by Crippen LogP contribution is -1.96. The number of anilines is 1. The molecule has 0 saturated heterocycles. The molecule has 5 nitrogen and oxygen atoms in total. The van der Waals surface area contributed by atoms with Gasteiger partial charge in [-0.25, -0.2) is 9.97 Å². The van der Waals surface area contributed by atoms with E-state index in [4.69, 9.17) is 5.73 Å². The molecule has 2 aromatic heterocycles. The summed E-state index contributed by atoms with van der Waals surface area (Å²) in [5, 5.41) is 8.01. The Balaban J connectivity index is 2.40. The number of hydrogen-bond donors (Lipinski definition) is 2. The lowest BCUT2D eigenvalue weighted by atomic mass is 10.0. The summed E-state index contributed by atoms with van der Waals surface area (Å²) in [7, 11) is 0. The Morgan fingerprint density at radius 1 is 1.24 bits per heavy atom. The van der Waals surface area contributed by atoms with Gasteiger partial charge in [-0.3, -0.25) is 5.10 Å². The number of nitrogens with zero attached hydrogens (tertiary/aromatic N) is 3. The Morgan fingerprint density at radius 3 is 2.94 bits per heavy atom. The number of fused-ring (bicyclic) bond motifs is 1. The van der Waals surface area contributed by atoms with E-state index in [1.165, 1.54) is 6.33 Å². The molecule has 84 valence electrons. The van der Waals surface area contributed by atoms with Crippen LogP contribution in [-0.2, 0) is 0 Å². The fourth-order valence-corrected chi connectivity index (χ4v) is 1.99. The largest absolute Gasteiger partial charge is 0.396 e. The number of benzene rings is 1. The highest BCUT2D eigenvalue weighted by atomic mass is 15.1. The van der Waals surface area contributed by atoms with Crippen molar-refractivity contribution in [3.8, 4) is 11.3 Å². The summed E-state index contributed by atoms with van der Waals surface area (Å²) < 4.78 is 0. The van der Waals surface area contributed by atoms with Gasteiger partial charge in [0, 0.05) is 10.9 Å². The highest BCUT2D eigenvalue weighted by Crippen LogP contribution is 2.32. The third-order valence-electron chi connectivity index (χ3n) is 2.81. The number of aromatic amines is 1. The SMILES string of the molecule is Cc1ccc2[nH]ncc2c1-c1ncncc1N. The summed E-state index contributed by atoms with van der Waals surface area (Å²) in [5.41, 5.74) is 10.4. The number of aromatic nitrogens is 4. The molecule has 0 unspecified atom stereocenters. The van der Waals surface area contributed by atoms with Crippen LogP contribution in [0.3, 0.4) is 0 Å². The van der Waals surface area contributed by atoms with Gasteiger partial charge in [0.2, 0.25) is 0 Å². The lowest BCUT2D eigenvalue weighted by molar-refractivity contribution is 1.12. The van der Waals surface area contributed by atoms with Crippen LogP contribution in [0.1, 0.15) is 5.56 Å². The number of nitrogen functional groups attached to an aromatic ring is 1. The van der Waals surface area contributed by atoms with E-state index in [1.54, 1.807) is 12.4 Å². The van der Waals surface area contributed by atoms with Crippen molar-refractivity contribution >= 4 is 16.6 Å². The van der Waals surface area contributed by atoms with Crippen LogP contribution in [0.5, 0.6) is 0 Å². The van der Waals surface area contributed by atoms with Crippen molar-refractivity contribution in [3.05, 3.63) is 36.4 Å². The number of nitrogens with one attached hydrogen (secondary N) is 1. The topological polar surface area (TPSA) is 80.5 Å². The monoisotopic (exact) mass is 225 g/mol. The Labute approximate surface area is 97.7 Å². The molecule has 0 fully saturated rings. The van der Waals surface area contributed by atoms with Crippen molar-refractivity contribution in [2.45, 2.75) is 6.92 Å². The van der Waals surface area contributed by atoms with Gasteiger partial charge < -0.3 is 5.73 Å². The third kappa shape index (κ3) is 1.44. The van der Waals surface area contributed by atoms with Crippen molar-refractivity contribution in [2.75, 3.05) is 5.73 Å². The Kier molecular flexibility index (Phi) is 2.04. The highest BCUT2D eigenvalue weighted by Gasteiger charge is 2.12. The van der Waals surface area contributed by atoms with Gasteiger partial charge in [-0.05, 0) is 18.6 Å². The van der Waals surface area contributed by atoms with E-state index in [2.05, 4.69) is 20.2 Å². The molecule has 2 heterocycles. The molecule has 0 bridgehead atoms. The number of hydrogen-bond acceptors (Lipinski definition) is 4. The number of aryl methyl sites for hydroxylation is 1. The van der Waals surface area contributed by atoms with Gasteiger partial charge in [-0.1, -0.05) is 6.07 Å². The maximum Gasteiger partial charge on any atom is 0.116 e. The summed E-state index contributed by atoms with van der Waals surface area (Å²) in [6, 6.07) is 4.02. The van der Waals surface area contributed by atoms with Crippen LogP contribution in [0.25, 0.3) is 22.2 Å². The van der Waals surface area contributed by atoms with Crippen LogP contribution in [-0.4, -0.2) is 20.2 Å². The predicted molar refractivity (Wildman–Crippen MR) is 66.3 cm³/mol. The first-order valence-corrected chi connectivity index (χ1v) is 5.26. The van der Waals surface area contributed by atoms with Crippen LogP contribution < -0.4 is 5.73 Å². The van der Waals surface area contributed by atoms with Crippen LogP contribution in [0.2, 0.25) is 0 Å². The van der Waals surface area contributed by atoms with Gasteiger partial charge in [0.15, 0.2) is 0 Å². The maximum atomic E-state index is 5.93. The van der Waals surface area contributed by atoms with Gasteiger partial charge in [0.1, 0.15) is 6.33 Å².